The lowest BCUT2D eigenvalue weighted by atomic mass is 10.2. The van der Waals surface area contributed by atoms with E-state index in [0.29, 0.717) is 18.8 Å². The minimum absolute atomic E-state index is 0.152. The Morgan fingerprint density at radius 1 is 1.00 bits per heavy atom. The highest BCUT2D eigenvalue weighted by atomic mass is 16.5. The minimum Gasteiger partial charge on any atom is -0.494 e. The number of hydrogen-bond donors (Lipinski definition) is 1. The van der Waals surface area contributed by atoms with E-state index in [0.717, 1.165) is 23.4 Å². The summed E-state index contributed by atoms with van der Waals surface area (Å²) in [6, 6.07) is 15.1. The fraction of sp³-hybridized carbons (Fsp3) is 0.350. The van der Waals surface area contributed by atoms with Crippen LogP contribution in [0.3, 0.4) is 0 Å². The Morgan fingerprint density at radius 3 is 2.21 bits per heavy atom. The van der Waals surface area contributed by atoms with Crippen molar-refractivity contribution in [1.82, 2.24) is 0 Å². The second-order valence-corrected chi connectivity index (χ2v) is 5.69. The van der Waals surface area contributed by atoms with Crippen molar-refractivity contribution < 1.29 is 14.3 Å². The lowest BCUT2D eigenvalue weighted by molar-refractivity contribution is -0.122. The van der Waals surface area contributed by atoms with Crippen LogP contribution in [-0.2, 0) is 4.79 Å². The standard InChI is InChI=1S/C20H25NO3/c1-4-14-23-17-12-8-16(9-13-17)21-20(22)19(5-2)24-18-10-6-15(3)7-11-18/h6-13,19H,4-5,14H2,1-3H3,(H,21,22)/t19-/m0/s1. The van der Waals surface area contributed by atoms with Gasteiger partial charge in [0.15, 0.2) is 6.10 Å². The molecule has 0 aromatic heterocycles. The molecule has 1 amide bonds. The summed E-state index contributed by atoms with van der Waals surface area (Å²) in [5.41, 5.74) is 1.89. The Hall–Kier alpha value is -2.49. The van der Waals surface area contributed by atoms with Crippen LogP contribution in [-0.4, -0.2) is 18.6 Å². The highest BCUT2D eigenvalue weighted by Crippen LogP contribution is 2.18. The van der Waals surface area contributed by atoms with Gasteiger partial charge in [-0.3, -0.25) is 4.79 Å². The molecule has 0 spiro atoms. The van der Waals surface area contributed by atoms with Gasteiger partial charge in [-0.25, -0.2) is 0 Å². The third-order valence-electron chi connectivity index (χ3n) is 3.56. The van der Waals surface area contributed by atoms with E-state index in [4.69, 9.17) is 9.47 Å². The zero-order chi connectivity index (χ0) is 17.4. The van der Waals surface area contributed by atoms with E-state index in [-0.39, 0.29) is 5.91 Å². The van der Waals surface area contributed by atoms with Crippen molar-refractivity contribution in [1.29, 1.82) is 0 Å². The fourth-order valence-electron chi connectivity index (χ4n) is 2.18. The molecule has 0 heterocycles. The van der Waals surface area contributed by atoms with Gasteiger partial charge in [0.05, 0.1) is 6.61 Å². The van der Waals surface area contributed by atoms with Crippen LogP contribution in [0.5, 0.6) is 11.5 Å². The summed E-state index contributed by atoms with van der Waals surface area (Å²) in [7, 11) is 0. The SMILES string of the molecule is CCCOc1ccc(NC(=O)[C@H](CC)Oc2ccc(C)cc2)cc1. The summed E-state index contributed by atoms with van der Waals surface area (Å²) in [6.45, 7) is 6.70. The van der Waals surface area contributed by atoms with Gasteiger partial charge in [0.25, 0.3) is 5.91 Å². The lowest BCUT2D eigenvalue weighted by Crippen LogP contribution is -2.32. The molecule has 0 unspecified atom stereocenters. The van der Waals surface area contributed by atoms with E-state index < -0.39 is 6.10 Å². The van der Waals surface area contributed by atoms with Crippen molar-refractivity contribution in [2.45, 2.75) is 39.7 Å². The second-order valence-electron chi connectivity index (χ2n) is 5.69. The smallest absolute Gasteiger partial charge is 0.265 e. The van der Waals surface area contributed by atoms with Gasteiger partial charge in [0, 0.05) is 5.69 Å². The topological polar surface area (TPSA) is 47.6 Å². The maximum absolute atomic E-state index is 12.4. The van der Waals surface area contributed by atoms with Crippen LogP contribution in [0.2, 0.25) is 0 Å². The van der Waals surface area contributed by atoms with Crippen LogP contribution in [0.15, 0.2) is 48.5 Å². The van der Waals surface area contributed by atoms with Crippen LogP contribution in [0, 0.1) is 6.92 Å². The fourth-order valence-corrected chi connectivity index (χ4v) is 2.18. The normalized spacial score (nSPS) is 11.6. The molecule has 0 aliphatic carbocycles. The Labute approximate surface area is 143 Å². The average molecular weight is 327 g/mol. The average Bonchev–Trinajstić information content (AvgIpc) is 2.60. The number of ether oxygens (including phenoxy) is 2. The van der Waals surface area contributed by atoms with Crippen molar-refractivity contribution in [2.24, 2.45) is 0 Å². The van der Waals surface area contributed by atoms with Crippen molar-refractivity contribution in [3.63, 3.8) is 0 Å². The zero-order valence-corrected chi connectivity index (χ0v) is 14.5. The van der Waals surface area contributed by atoms with Crippen molar-refractivity contribution >= 4 is 11.6 Å². The Kier molecular flexibility index (Phi) is 6.67. The first kappa shape index (κ1) is 17.9. The highest BCUT2D eigenvalue weighted by Gasteiger charge is 2.18. The molecule has 24 heavy (non-hydrogen) atoms. The third-order valence-corrected chi connectivity index (χ3v) is 3.56. The minimum atomic E-state index is -0.524. The van der Waals surface area contributed by atoms with E-state index in [1.165, 1.54) is 0 Å². The van der Waals surface area contributed by atoms with Crippen molar-refractivity contribution in [3.05, 3.63) is 54.1 Å². The largest absolute Gasteiger partial charge is 0.494 e. The highest BCUT2D eigenvalue weighted by molar-refractivity contribution is 5.94. The molecular formula is C20H25NO3. The van der Waals surface area contributed by atoms with Gasteiger partial charge in [-0.1, -0.05) is 31.5 Å². The quantitative estimate of drug-likeness (QED) is 0.772. The first-order valence-corrected chi connectivity index (χ1v) is 8.39. The van der Waals surface area contributed by atoms with E-state index in [1.807, 2.05) is 62.4 Å². The number of amides is 1. The molecule has 0 radical (unpaired) electrons. The number of anilines is 1. The summed E-state index contributed by atoms with van der Waals surface area (Å²) in [5, 5.41) is 2.89. The molecule has 0 aliphatic heterocycles. The predicted molar refractivity (Wildman–Crippen MR) is 96.7 cm³/mol. The molecule has 0 saturated carbocycles. The number of nitrogens with one attached hydrogen (secondary N) is 1. The summed E-state index contributed by atoms with van der Waals surface area (Å²) in [5.74, 6) is 1.35. The summed E-state index contributed by atoms with van der Waals surface area (Å²) < 4.78 is 11.3. The number of rotatable bonds is 8. The van der Waals surface area contributed by atoms with Crippen LogP contribution in [0.25, 0.3) is 0 Å². The summed E-state index contributed by atoms with van der Waals surface area (Å²) >= 11 is 0. The van der Waals surface area contributed by atoms with Gasteiger partial charge in [0.1, 0.15) is 11.5 Å². The second kappa shape index (κ2) is 8.96. The van der Waals surface area contributed by atoms with Gasteiger partial charge in [-0.05, 0) is 56.2 Å². The molecule has 128 valence electrons. The monoisotopic (exact) mass is 327 g/mol. The Morgan fingerprint density at radius 2 is 1.62 bits per heavy atom. The molecule has 2 rings (SSSR count). The molecule has 0 fully saturated rings. The molecule has 2 aromatic rings. The van der Waals surface area contributed by atoms with Gasteiger partial charge in [0.2, 0.25) is 0 Å². The van der Waals surface area contributed by atoms with Crippen molar-refractivity contribution in [3.8, 4) is 11.5 Å². The van der Waals surface area contributed by atoms with Crippen LogP contribution >= 0.6 is 0 Å². The van der Waals surface area contributed by atoms with Gasteiger partial charge < -0.3 is 14.8 Å². The van der Waals surface area contributed by atoms with Crippen LogP contribution < -0.4 is 14.8 Å². The van der Waals surface area contributed by atoms with Crippen molar-refractivity contribution in [2.75, 3.05) is 11.9 Å². The maximum atomic E-state index is 12.4. The number of carbonyl (C=O) groups is 1. The van der Waals surface area contributed by atoms with E-state index in [9.17, 15) is 4.79 Å². The van der Waals surface area contributed by atoms with Crippen LogP contribution in [0.4, 0.5) is 5.69 Å². The van der Waals surface area contributed by atoms with E-state index >= 15 is 0 Å². The number of hydrogen-bond acceptors (Lipinski definition) is 3. The van der Waals surface area contributed by atoms with Gasteiger partial charge in [-0.15, -0.1) is 0 Å². The molecule has 0 aliphatic rings. The summed E-state index contributed by atoms with van der Waals surface area (Å²) in [4.78, 5) is 12.4. The number of carbonyl (C=O) groups excluding carboxylic acids is 1. The number of aryl methyl sites for hydroxylation is 1. The maximum Gasteiger partial charge on any atom is 0.265 e. The molecule has 0 bridgehead atoms. The third kappa shape index (κ3) is 5.30. The molecule has 2 aromatic carbocycles. The molecule has 0 saturated heterocycles. The van der Waals surface area contributed by atoms with Crippen LogP contribution in [0.1, 0.15) is 32.3 Å². The molecule has 4 nitrogen and oxygen atoms in total. The summed E-state index contributed by atoms with van der Waals surface area (Å²) in [6.07, 6.45) is 1.04. The molecule has 1 N–H and O–H groups in total. The zero-order valence-electron chi connectivity index (χ0n) is 14.5. The molecule has 1 atom stereocenters. The molecule has 4 heteroatoms. The van der Waals surface area contributed by atoms with Gasteiger partial charge in [-0.2, -0.15) is 0 Å². The molecular weight excluding hydrogens is 302 g/mol. The first-order chi connectivity index (χ1) is 11.6. The van der Waals surface area contributed by atoms with E-state index in [2.05, 4.69) is 12.2 Å². The predicted octanol–water partition coefficient (Wildman–Crippen LogP) is 4.58. The lowest BCUT2D eigenvalue weighted by Gasteiger charge is -2.17. The van der Waals surface area contributed by atoms with Gasteiger partial charge >= 0.3 is 0 Å². The number of benzene rings is 2. The Balaban J connectivity index is 1.94. The first-order valence-electron chi connectivity index (χ1n) is 8.39. The Bertz CT molecular complexity index is 635. The van der Waals surface area contributed by atoms with E-state index in [1.54, 1.807) is 0 Å².